The Morgan fingerprint density at radius 3 is 2.26 bits per heavy atom. The Balaban J connectivity index is 0.687. The van der Waals surface area contributed by atoms with Crippen LogP contribution >= 0.6 is 0 Å². The standard InChI is InChI=1S/C57H71N11O6/c1-34(2)67-33-59-46-27-45(61-52(51(46)67)60-40-8-9-40)36-6-11-44-47(24-36)68(42-25-41(26-42)63-18-4-3-5-19-63)56(73)57(44)16-22-65(23-17-57)55(72)50-38-29-66(30-39(50)32-74-31-38)54(71)35-14-20-64(21-15-35)48-12-7-37(28-58-48)43-10-13-49(69)62-53(43)70/h6-7,11-12,24,27-28,33-35,38-43,50H,3-5,8-10,13-23,25-26,29-32H2,1-2H3,(H,60,61)(H,62,69,70)/t38?,39?,41-,42+,43?,50?. The van der Waals surface area contributed by atoms with E-state index < -0.39 is 5.41 Å². The number of ether oxygens (including phenoxy) is 1. The molecule has 2 saturated carbocycles. The molecule has 4 aromatic rings. The highest BCUT2D eigenvalue weighted by atomic mass is 16.5. The molecule has 9 aliphatic rings. The predicted octanol–water partition coefficient (Wildman–Crippen LogP) is 6.03. The summed E-state index contributed by atoms with van der Waals surface area (Å²) < 4.78 is 8.30. The molecule has 17 nitrogen and oxygen atoms in total. The number of pyridine rings is 2. The number of imidazole rings is 1. The number of amides is 5. The average molecular weight is 1010 g/mol. The molecule has 3 unspecified atom stereocenters. The van der Waals surface area contributed by atoms with E-state index in [4.69, 9.17) is 14.7 Å². The van der Waals surface area contributed by atoms with Gasteiger partial charge in [-0.15, -0.1) is 0 Å². The Labute approximate surface area is 433 Å². The van der Waals surface area contributed by atoms with E-state index in [1.807, 2.05) is 28.3 Å². The molecular formula is C57H71N11O6. The number of carbonyl (C=O) groups is 5. The Kier molecular flexibility index (Phi) is 12.3. The molecule has 3 atom stereocenters. The normalized spacial score (nSPS) is 28.4. The van der Waals surface area contributed by atoms with Crippen LogP contribution in [0, 0.1) is 23.7 Å². The van der Waals surface area contributed by atoms with Crippen LogP contribution in [0.2, 0.25) is 0 Å². The third kappa shape index (κ3) is 8.44. The maximum Gasteiger partial charge on any atom is 0.238 e. The van der Waals surface area contributed by atoms with Crippen LogP contribution in [-0.2, 0) is 34.1 Å². The van der Waals surface area contributed by atoms with Gasteiger partial charge in [0.25, 0.3) is 0 Å². The van der Waals surface area contributed by atoms with E-state index in [0.29, 0.717) is 103 Å². The molecule has 5 amide bonds. The lowest BCUT2D eigenvalue weighted by Gasteiger charge is -2.49. The van der Waals surface area contributed by atoms with E-state index in [1.54, 1.807) is 6.20 Å². The minimum atomic E-state index is -0.702. The molecule has 1 aromatic carbocycles. The summed E-state index contributed by atoms with van der Waals surface area (Å²) in [6.07, 6.45) is 15.1. The number of piperidine rings is 5. The van der Waals surface area contributed by atoms with E-state index in [1.165, 1.54) is 19.3 Å². The number of benzene rings is 1. The number of carbonyl (C=O) groups excluding carboxylic acids is 5. The van der Waals surface area contributed by atoms with Crippen LogP contribution in [0.3, 0.4) is 0 Å². The zero-order chi connectivity index (χ0) is 50.4. The van der Waals surface area contributed by atoms with Crippen molar-refractivity contribution in [2.24, 2.45) is 23.7 Å². The summed E-state index contributed by atoms with van der Waals surface area (Å²) in [6, 6.07) is 13.9. The fourth-order valence-electron chi connectivity index (χ4n) is 14.3. The van der Waals surface area contributed by atoms with Crippen molar-refractivity contribution in [2.45, 2.75) is 133 Å². The van der Waals surface area contributed by atoms with Gasteiger partial charge in [-0.1, -0.05) is 24.6 Å². The van der Waals surface area contributed by atoms with Crippen molar-refractivity contribution in [3.05, 3.63) is 60.0 Å². The van der Waals surface area contributed by atoms with E-state index >= 15 is 4.79 Å². The molecule has 0 radical (unpaired) electrons. The Bertz CT molecular complexity index is 2840. The number of rotatable bonds is 10. The van der Waals surface area contributed by atoms with Crippen molar-refractivity contribution in [3.8, 4) is 11.3 Å². The number of hydrogen-bond donors (Lipinski definition) is 2. The van der Waals surface area contributed by atoms with Crippen LogP contribution in [0.25, 0.3) is 22.3 Å². The molecule has 6 saturated heterocycles. The average Bonchev–Trinajstić information content (AvgIpc) is 4.10. The lowest BCUT2D eigenvalue weighted by Crippen LogP contribution is -2.61. The fourth-order valence-corrected chi connectivity index (χ4v) is 14.3. The van der Waals surface area contributed by atoms with Crippen LogP contribution in [0.5, 0.6) is 0 Å². The minimum absolute atomic E-state index is 0.0804. The molecule has 2 bridgehead atoms. The van der Waals surface area contributed by atoms with Gasteiger partial charge in [0, 0.05) is 105 Å². The Morgan fingerprint density at radius 2 is 1.57 bits per heavy atom. The first-order valence-corrected chi connectivity index (χ1v) is 28.1. The van der Waals surface area contributed by atoms with Crippen molar-refractivity contribution in [3.63, 3.8) is 0 Å². The van der Waals surface area contributed by atoms with Gasteiger partial charge in [-0.3, -0.25) is 29.3 Å². The predicted molar refractivity (Wildman–Crippen MR) is 279 cm³/mol. The summed E-state index contributed by atoms with van der Waals surface area (Å²) in [4.78, 5) is 94.4. The minimum Gasteiger partial charge on any atom is -0.381 e. The van der Waals surface area contributed by atoms with Gasteiger partial charge >= 0.3 is 0 Å². The van der Waals surface area contributed by atoms with E-state index in [0.717, 1.165) is 89.5 Å². The van der Waals surface area contributed by atoms with Crippen molar-refractivity contribution >= 4 is 57.9 Å². The first kappa shape index (κ1) is 47.8. The highest BCUT2D eigenvalue weighted by Crippen LogP contribution is 2.53. The van der Waals surface area contributed by atoms with Gasteiger partial charge in [-0.2, -0.15) is 0 Å². The van der Waals surface area contributed by atoms with Crippen molar-refractivity contribution in [1.29, 1.82) is 0 Å². The summed E-state index contributed by atoms with van der Waals surface area (Å²) in [7, 11) is 0. The maximum absolute atomic E-state index is 15.4. The van der Waals surface area contributed by atoms with Gasteiger partial charge in [0.15, 0.2) is 5.82 Å². The molecule has 390 valence electrons. The molecule has 1 spiro atoms. The third-order valence-electron chi connectivity index (χ3n) is 18.8. The van der Waals surface area contributed by atoms with Gasteiger partial charge < -0.3 is 39.1 Å². The monoisotopic (exact) mass is 1010 g/mol. The number of imide groups is 1. The Morgan fingerprint density at radius 1 is 0.811 bits per heavy atom. The molecule has 2 N–H and O–H groups in total. The van der Waals surface area contributed by atoms with Gasteiger partial charge in [-0.05, 0) is 127 Å². The second-order valence-electron chi connectivity index (χ2n) is 23.6. The van der Waals surface area contributed by atoms with Crippen LogP contribution in [0.1, 0.15) is 120 Å². The summed E-state index contributed by atoms with van der Waals surface area (Å²) in [5.41, 5.74) is 5.97. The van der Waals surface area contributed by atoms with Gasteiger partial charge in [0.1, 0.15) is 11.3 Å². The molecule has 3 aromatic heterocycles. The number of hydrogen-bond acceptors (Lipinski definition) is 12. The number of nitrogens with zero attached hydrogens (tertiary/aromatic N) is 9. The topological polar surface area (TPSA) is 178 Å². The van der Waals surface area contributed by atoms with Gasteiger partial charge in [-0.25, -0.2) is 15.0 Å². The van der Waals surface area contributed by atoms with E-state index in [9.17, 15) is 19.2 Å². The van der Waals surface area contributed by atoms with E-state index in [2.05, 4.69) is 73.0 Å². The van der Waals surface area contributed by atoms with Crippen LogP contribution < -0.4 is 20.4 Å². The van der Waals surface area contributed by atoms with Crippen molar-refractivity contribution < 1.29 is 28.7 Å². The maximum atomic E-state index is 15.4. The highest BCUT2D eigenvalue weighted by molar-refractivity contribution is 6.09. The zero-order valence-corrected chi connectivity index (χ0v) is 43.1. The largest absolute Gasteiger partial charge is 0.381 e. The van der Waals surface area contributed by atoms with Gasteiger partial charge in [0.2, 0.25) is 29.5 Å². The number of aromatic nitrogens is 4. The Hall–Kier alpha value is -5.94. The summed E-state index contributed by atoms with van der Waals surface area (Å²) >= 11 is 0. The summed E-state index contributed by atoms with van der Waals surface area (Å²) in [5.74, 6) is 0.838. The second kappa shape index (κ2) is 19.0. The third-order valence-corrected chi connectivity index (χ3v) is 18.8. The van der Waals surface area contributed by atoms with Crippen LogP contribution in [0.4, 0.5) is 17.3 Å². The van der Waals surface area contributed by atoms with Crippen molar-refractivity contribution in [1.82, 2.24) is 39.5 Å². The lowest BCUT2D eigenvalue weighted by molar-refractivity contribution is -0.163. The summed E-state index contributed by atoms with van der Waals surface area (Å²) in [5, 5.41) is 6.14. The first-order chi connectivity index (χ1) is 36.0. The number of anilines is 3. The van der Waals surface area contributed by atoms with Crippen molar-refractivity contribution in [2.75, 3.05) is 80.7 Å². The molecule has 2 aliphatic carbocycles. The molecule has 8 fully saturated rings. The van der Waals surface area contributed by atoms with Gasteiger partial charge in [0.05, 0.1) is 48.0 Å². The SMILES string of the molecule is CC(C)n1cnc2cc(-c3ccc4c(c3)N([C@H]3C[C@@H](N5CCCCC5)C3)C(=O)C43CCN(C(=O)C4C5COCC4CN(C(=O)C4CCN(c6ccc(C7CCC(=O)NC7=O)cn6)CC4)C5)CC3)nc(NC3CC3)c21. The number of fused-ring (bicyclic) bond motifs is 5. The van der Waals surface area contributed by atoms with Crippen LogP contribution in [-0.4, -0.2) is 147 Å². The molecule has 10 heterocycles. The zero-order valence-electron chi connectivity index (χ0n) is 43.1. The fraction of sp³-hybridized carbons (Fsp3) is 0.614. The molecular weight excluding hydrogens is 935 g/mol. The second-order valence-corrected chi connectivity index (χ2v) is 23.6. The molecule has 7 aliphatic heterocycles. The first-order valence-electron chi connectivity index (χ1n) is 28.1. The summed E-state index contributed by atoms with van der Waals surface area (Å²) in [6.45, 7) is 11.0. The van der Waals surface area contributed by atoms with Crippen LogP contribution in [0.15, 0.2) is 48.9 Å². The number of nitrogens with one attached hydrogen (secondary N) is 2. The lowest BCUT2D eigenvalue weighted by atomic mass is 9.71. The quantitative estimate of drug-likeness (QED) is 0.177. The number of likely N-dealkylation sites (tertiary alicyclic amines) is 3. The molecule has 74 heavy (non-hydrogen) atoms. The molecule has 17 heteroatoms. The molecule has 13 rings (SSSR count). The smallest absolute Gasteiger partial charge is 0.238 e. The highest BCUT2D eigenvalue weighted by Gasteiger charge is 2.57. The van der Waals surface area contributed by atoms with E-state index in [-0.39, 0.29) is 71.2 Å².